The summed E-state index contributed by atoms with van der Waals surface area (Å²) >= 11 is 2.33. The minimum absolute atomic E-state index is 0.133. The number of sulfonamides is 1. The molecule has 0 N–H and O–H groups in total. The van der Waals surface area contributed by atoms with Crippen molar-refractivity contribution in [2.24, 2.45) is 0 Å². The van der Waals surface area contributed by atoms with Crippen LogP contribution < -0.4 is 4.74 Å². The van der Waals surface area contributed by atoms with Gasteiger partial charge in [0.25, 0.3) is 0 Å². The number of halogens is 1. The first-order chi connectivity index (χ1) is 14.7. The fourth-order valence-electron chi connectivity index (χ4n) is 3.47. The van der Waals surface area contributed by atoms with Gasteiger partial charge in [-0.15, -0.1) is 0 Å². The maximum absolute atomic E-state index is 13.1. The third-order valence-corrected chi connectivity index (χ3v) is 13.1. The molecule has 31 heavy (non-hydrogen) atoms. The summed E-state index contributed by atoms with van der Waals surface area (Å²) in [5, 5.41) is 0. The maximum Gasteiger partial charge on any atom is 0.246 e. The van der Waals surface area contributed by atoms with Crippen molar-refractivity contribution in [2.75, 3.05) is 18.5 Å². The van der Waals surface area contributed by atoms with Crippen molar-refractivity contribution in [1.82, 2.24) is 4.31 Å². The van der Waals surface area contributed by atoms with Gasteiger partial charge in [-0.25, -0.2) is 12.7 Å². The Balaban J connectivity index is 2.44. The van der Waals surface area contributed by atoms with Crippen molar-refractivity contribution >= 4 is 40.9 Å². The molecule has 1 atom stereocenters. The average molecular weight is 576 g/mol. The summed E-state index contributed by atoms with van der Waals surface area (Å²) in [5.74, 6) is 0.360. The van der Waals surface area contributed by atoms with Gasteiger partial charge in [-0.3, -0.25) is 0 Å². The van der Waals surface area contributed by atoms with Crippen molar-refractivity contribution in [2.45, 2.75) is 56.5 Å². The lowest BCUT2D eigenvalue weighted by Gasteiger charge is -2.33. The zero-order valence-electron chi connectivity index (χ0n) is 19.1. The van der Waals surface area contributed by atoms with E-state index < -0.39 is 18.3 Å². The summed E-state index contributed by atoms with van der Waals surface area (Å²) < 4.78 is 40.8. The molecular weight excluding hydrogens is 541 g/mol. The summed E-state index contributed by atoms with van der Waals surface area (Å²) in [5.41, 5.74) is 1.87. The largest absolute Gasteiger partial charge is 0.487 e. The highest BCUT2D eigenvalue weighted by atomic mass is 127. The van der Waals surface area contributed by atoms with Crippen LogP contribution in [0.1, 0.15) is 38.0 Å². The molecule has 172 valence electrons. The molecule has 2 aromatic rings. The molecule has 0 bridgehead atoms. The van der Waals surface area contributed by atoms with Gasteiger partial charge in [0.2, 0.25) is 10.0 Å². The fraction of sp³-hybridized carbons (Fsp3) is 0.478. The molecule has 0 fully saturated rings. The van der Waals surface area contributed by atoms with E-state index >= 15 is 0 Å². The first-order valence-electron chi connectivity index (χ1n) is 10.7. The molecule has 0 heterocycles. The Hall–Kier alpha value is -0.943. The van der Waals surface area contributed by atoms with Crippen LogP contribution in [-0.4, -0.2) is 39.6 Å². The van der Waals surface area contributed by atoms with Crippen LogP contribution >= 0.6 is 22.6 Å². The highest BCUT2D eigenvalue weighted by Crippen LogP contribution is 2.35. The van der Waals surface area contributed by atoms with Crippen LogP contribution in [0.3, 0.4) is 0 Å². The molecule has 0 aliphatic heterocycles. The Morgan fingerprint density at radius 2 is 1.61 bits per heavy atom. The van der Waals surface area contributed by atoms with Crippen LogP contribution in [0.25, 0.3) is 0 Å². The number of hydrogen-bond donors (Lipinski definition) is 0. The lowest BCUT2D eigenvalue weighted by molar-refractivity contribution is 0.217. The Bertz CT molecular complexity index is 926. The van der Waals surface area contributed by atoms with Crippen molar-refractivity contribution in [3.63, 3.8) is 0 Å². The molecule has 0 saturated carbocycles. The molecule has 0 aliphatic carbocycles. The Morgan fingerprint density at radius 1 is 1.00 bits per heavy atom. The number of ether oxygens (including phenoxy) is 1. The lowest BCUT2D eigenvalue weighted by atomic mass is 10.1. The highest BCUT2D eigenvalue weighted by molar-refractivity contribution is 14.1. The molecule has 5 nitrogen and oxygen atoms in total. The predicted octanol–water partition coefficient (Wildman–Crippen LogP) is 6.01. The van der Waals surface area contributed by atoms with E-state index in [4.69, 9.17) is 9.16 Å². The number of rotatable bonds is 12. The van der Waals surface area contributed by atoms with Gasteiger partial charge >= 0.3 is 0 Å². The fourth-order valence-corrected chi connectivity index (χ4v) is 8.38. The van der Waals surface area contributed by atoms with Gasteiger partial charge in [0.15, 0.2) is 8.32 Å². The first kappa shape index (κ1) is 26.3. The molecule has 2 aromatic carbocycles. The highest BCUT2D eigenvalue weighted by Gasteiger charge is 2.33. The molecule has 0 radical (unpaired) electrons. The molecule has 0 saturated heterocycles. The third kappa shape index (κ3) is 6.53. The number of nitrogens with zero attached hydrogens (tertiary/aromatic N) is 1. The van der Waals surface area contributed by atoms with Crippen LogP contribution in [0.2, 0.25) is 18.1 Å². The van der Waals surface area contributed by atoms with Gasteiger partial charge in [-0.05, 0) is 41.4 Å². The number of benzene rings is 2. The molecule has 0 aliphatic rings. The lowest BCUT2D eigenvalue weighted by Crippen LogP contribution is -2.37. The zero-order valence-corrected chi connectivity index (χ0v) is 23.1. The first-order valence-corrected chi connectivity index (χ1v) is 16.2. The van der Waals surface area contributed by atoms with E-state index in [1.165, 1.54) is 4.31 Å². The Morgan fingerprint density at radius 3 is 2.13 bits per heavy atom. The van der Waals surface area contributed by atoms with Gasteiger partial charge in [-0.1, -0.05) is 79.8 Å². The van der Waals surface area contributed by atoms with E-state index in [1.54, 1.807) is 26.2 Å². The van der Waals surface area contributed by atoms with E-state index in [-0.39, 0.29) is 11.0 Å². The van der Waals surface area contributed by atoms with Crippen LogP contribution in [0.5, 0.6) is 5.75 Å². The molecule has 2 rings (SSSR count). The zero-order chi connectivity index (χ0) is 23.1. The monoisotopic (exact) mass is 575 g/mol. The second-order valence-electron chi connectivity index (χ2n) is 7.77. The summed E-state index contributed by atoms with van der Waals surface area (Å²) in [7, 11) is -2.43. The van der Waals surface area contributed by atoms with Gasteiger partial charge in [-0.2, -0.15) is 0 Å². The number of hydrogen-bond acceptors (Lipinski definition) is 4. The third-order valence-electron chi connectivity index (χ3n) is 5.80. The summed E-state index contributed by atoms with van der Waals surface area (Å²) in [6, 6.07) is 18.3. The van der Waals surface area contributed by atoms with Gasteiger partial charge in [0.1, 0.15) is 17.3 Å². The van der Waals surface area contributed by atoms with E-state index in [1.807, 2.05) is 36.4 Å². The molecule has 0 amide bonds. The van der Waals surface area contributed by atoms with E-state index in [2.05, 4.69) is 43.4 Å². The maximum atomic E-state index is 13.1. The Kier molecular flexibility index (Phi) is 10.0. The smallest absolute Gasteiger partial charge is 0.246 e. The SMILES string of the molecule is CC[Si](CC)(CC)OC(CI)c1ccc(OCc2ccccc2)c(S(=O)(=O)N(C)C)c1. The topological polar surface area (TPSA) is 55.8 Å². The predicted molar refractivity (Wildman–Crippen MR) is 138 cm³/mol. The van der Waals surface area contributed by atoms with Crippen LogP contribution in [0.15, 0.2) is 53.4 Å². The van der Waals surface area contributed by atoms with Gasteiger partial charge in [0, 0.05) is 18.5 Å². The second kappa shape index (κ2) is 11.8. The second-order valence-corrected chi connectivity index (χ2v) is 15.5. The minimum Gasteiger partial charge on any atom is -0.487 e. The summed E-state index contributed by atoms with van der Waals surface area (Å²) in [6.07, 6.45) is -0.133. The summed E-state index contributed by atoms with van der Waals surface area (Å²) in [4.78, 5) is 0.182. The van der Waals surface area contributed by atoms with Crippen molar-refractivity contribution in [3.8, 4) is 5.75 Å². The molecular formula is C23H34INO4SSi. The number of alkyl halides is 1. The van der Waals surface area contributed by atoms with Crippen LogP contribution in [0, 0.1) is 0 Å². The van der Waals surface area contributed by atoms with E-state index in [9.17, 15) is 8.42 Å². The standard InChI is InChI=1S/C23H34INO4SSi/c1-6-31(7-2,8-3)29-22(17-24)20-14-15-21(23(16-20)30(26,27)25(4)5)28-18-19-12-10-9-11-13-19/h9-16,22H,6-8,17-18H2,1-5H3. The van der Waals surface area contributed by atoms with E-state index in [0.29, 0.717) is 12.4 Å². The van der Waals surface area contributed by atoms with Crippen molar-refractivity contribution < 1.29 is 17.6 Å². The minimum atomic E-state index is -3.67. The van der Waals surface area contributed by atoms with Crippen LogP contribution in [-0.2, 0) is 21.1 Å². The Labute approximate surface area is 202 Å². The normalized spacial score (nSPS) is 13.4. The molecule has 0 spiro atoms. The molecule has 1 unspecified atom stereocenters. The van der Waals surface area contributed by atoms with E-state index in [0.717, 1.165) is 33.7 Å². The average Bonchev–Trinajstić information content (AvgIpc) is 2.79. The van der Waals surface area contributed by atoms with Crippen LogP contribution in [0.4, 0.5) is 0 Å². The summed E-state index contributed by atoms with van der Waals surface area (Å²) in [6.45, 7) is 6.91. The quantitative estimate of drug-likeness (QED) is 0.177. The molecule has 8 heteroatoms. The van der Waals surface area contributed by atoms with Gasteiger partial charge in [0.05, 0.1) is 6.10 Å². The van der Waals surface area contributed by atoms with Crippen molar-refractivity contribution in [1.29, 1.82) is 0 Å². The van der Waals surface area contributed by atoms with Crippen molar-refractivity contribution in [3.05, 3.63) is 59.7 Å². The van der Waals surface area contributed by atoms with Gasteiger partial charge < -0.3 is 9.16 Å². The molecule has 0 aromatic heterocycles.